The van der Waals surface area contributed by atoms with Gasteiger partial charge in [-0.1, -0.05) is 91.0 Å². The second kappa shape index (κ2) is 10.4. The molecule has 0 N–H and O–H groups in total. The monoisotopic (exact) mass is 561 g/mol. The molecule has 0 saturated heterocycles. The Morgan fingerprint density at radius 3 is 2.02 bits per heavy atom. The first-order valence-corrected chi connectivity index (χ1v) is 14.1. The number of benzene rings is 5. The smallest absolute Gasteiger partial charge is 0.216 e. The van der Waals surface area contributed by atoms with Gasteiger partial charge in [-0.05, 0) is 71.7 Å². The van der Waals surface area contributed by atoms with Gasteiger partial charge in [0.25, 0.3) is 0 Å². The average molecular weight is 562 g/mol. The highest BCUT2D eigenvalue weighted by Gasteiger charge is 2.25. The molecule has 0 aliphatic heterocycles. The summed E-state index contributed by atoms with van der Waals surface area (Å²) in [5, 5.41) is 11.7. The fourth-order valence-electron chi connectivity index (χ4n) is 6.01. The van der Waals surface area contributed by atoms with E-state index < -0.39 is 13.7 Å². The summed E-state index contributed by atoms with van der Waals surface area (Å²) >= 11 is 0. The molecule has 3 nitrogen and oxygen atoms in total. The van der Waals surface area contributed by atoms with Crippen molar-refractivity contribution in [3.05, 3.63) is 138 Å². The minimum absolute atomic E-state index is 0.0381. The van der Waals surface area contributed by atoms with Crippen LogP contribution in [0.1, 0.15) is 30.5 Å². The Balaban J connectivity index is 1.53. The number of fused-ring (bicyclic) bond motifs is 3. The van der Waals surface area contributed by atoms with Gasteiger partial charge in [0.2, 0.25) is 5.69 Å². The summed E-state index contributed by atoms with van der Waals surface area (Å²) in [5.74, 6) is 0. The number of aryl methyl sites for hydroxylation is 4. The quantitative estimate of drug-likeness (QED) is 0.201. The fourth-order valence-corrected chi connectivity index (χ4v) is 6.01. The predicted molar refractivity (Wildman–Crippen MR) is 176 cm³/mol. The van der Waals surface area contributed by atoms with Crippen LogP contribution in [0.4, 0.5) is 0 Å². The van der Waals surface area contributed by atoms with Crippen molar-refractivity contribution in [1.29, 1.82) is 5.26 Å². The highest BCUT2D eigenvalue weighted by atomic mass is 16.3. The molecular formula is C40H31N2O+. The summed E-state index contributed by atoms with van der Waals surface area (Å²) in [6.45, 7) is -3.10. The van der Waals surface area contributed by atoms with Crippen LogP contribution in [-0.2, 0) is 7.05 Å². The first-order valence-electron chi connectivity index (χ1n) is 17.1. The molecule has 43 heavy (non-hydrogen) atoms. The van der Waals surface area contributed by atoms with Crippen LogP contribution < -0.4 is 4.57 Å². The van der Waals surface area contributed by atoms with Gasteiger partial charge in [0.05, 0.1) is 17.2 Å². The van der Waals surface area contributed by atoms with Crippen molar-refractivity contribution >= 4 is 21.9 Å². The topological polar surface area (TPSA) is 40.8 Å². The molecule has 0 atom stereocenters. The minimum Gasteiger partial charge on any atom is -0.454 e. The van der Waals surface area contributed by atoms with E-state index in [1.807, 2.05) is 91.9 Å². The average Bonchev–Trinajstić information content (AvgIpc) is 3.46. The molecule has 7 rings (SSSR count). The van der Waals surface area contributed by atoms with E-state index in [9.17, 15) is 5.26 Å². The lowest BCUT2D eigenvalue weighted by Gasteiger charge is -2.13. The number of pyridine rings is 1. The van der Waals surface area contributed by atoms with Crippen LogP contribution in [0.25, 0.3) is 66.6 Å². The van der Waals surface area contributed by atoms with Gasteiger partial charge in [-0.3, -0.25) is 0 Å². The van der Waals surface area contributed by atoms with Crippen molar-refractivity contribution in [3.63, 3.8) is 0 Å². The minimum atomic E-state index is -2.53. The maximum atomic E-state index is 10.0. The van der Waals surface area contributed by atoms with Crippen LogP contribution in [0.3, 0.4) is 0 Å². The number of aromatic nitrogens is 1. The zero-order valence-electron chi connectivity index (χ0n) is 29.8. The predicted octanol–water partition coefficient (Wildman–Crippen LogP) is 9.88. The highest BCUT2D eigenvalue weighted by Crippen LogP contribution is 2.42. The Morgan fingerprint density at radius 2 is 1.33 bits per heavy atom. The number of rotatable bonds is 4. The third-order valence-electron chi connectivity index (χ3n) is 8.15. The summed E-state index contributed by atoms with van der Waals surface area (Å²) in [7, 11) is 1.78. The van der Waals surface area contributed by atoms with E-state index in [1.165, 1.54) is 0 Å². The number of nitriles is 1. The maximum Gasteiger partial charge on any atom is 0.216 e. The summed E-state index contributed by atoms with van der Waals surface area (Å²) in [4.78, 5) is 0. The molecule has 0 aliphatic carbocycles. The Morgan fingerprint density at radius 1 is 0.651 bits per heavy atom. The number of hydrogen-bond donors (Lipinski definition) is 0. The molecule has 0 fully saturated rings. The van der Waals surface area contributed by atoms with Gasteiger partial charge in [-0.25, -0.2) is 4.57 Å². The first kappa shape index (κ1) is 20.4. The lowest BCUT2D eigenvalue weighted by molar-refractivity contribution is -0.660. The van der Waals surface area contributed by atoms with Gasteiger partial charge in [0.15, 0.2) is 6.20 Å². The number of hydrogen-bond acceptors (Lipinski definition) is 2. The van der Waals surface area contributed by atoms with Crippen molar-refractivity contribution in [2.24, 2.45) is 7.05 Å². The van der Waals surface area contributed by atoms with Crippen LogP contribution in [0.5, 0.6) is 0 Å². The number of nitrogens with zero attached hydrogens (tertiary/aromatic N) is 2. The lowest BCUT2D eigenvalue weighted by Crippen LogP contribution is -2.31. The Kier molecular flexibility index (Phi) is 4.95. The Bertz CT molecular complexity index is 2440. The zero-order chi connectivity index (χ0) is 34.7. The molecule has 0 saturated carbocycles. The molecule has 0 spiro atoms. The molecule has 3 heteroatoms. The van der Waals surface area contributed by atoms with Gasteiger partial charge in [-0.2, -0.15) is 5.26 Å². The van der Waals surface area contributed by atoms with E-state index in [1.54, 1.807) is 42.1 Å². The molecule has 7 aromatic rings. The van der Waals surface area contributed by atoms with Crippen LogP contribution in [0.2, 0.25) is 0 Å². The standard InChI is InChI=1S/C40H31N2O/c1-25-15-18-33-34-20-17-31(23-41)38(29-13-9-6-10-14-29)40(34)43-39(33)37(25)36-22-35(27(3)24-42(36)4)32-19-16-30(21-26(32)2)28-11-7-5-8-12-28/h5-22,24H,1-4H3/q+1/i2D3,3D3. The van der Waals surface area contributed by atoms with Crippen LogP contribution in [-0.4, -0.2) is 0 Å². The molecular weight excluding hydrogens is 524 g/mol. The van der Waals surface area contributed by atoms with Crippen LogP contribution in [0.15, 0.2) is 120 Å². The van der Waals surface area contributed by atoms with E-state index in [-0.39, 0.29) is 11.1 Å². The highest BCUT2D eigenvalue weighted by molar-refractivity contribution is 6.14. The second-order valence-electron chi connectivity index (χ2n) is 10.8. The van der Waals surface area contributed by atoms with Crippen molar-refractivity contribution < 1.29 is 17.2 Å². The molecule has 0 bridgehead atoms. The largest absolute Gasteiger partial charge is 0.454 e. The van der Waals surface area contributed by atoms with Crippen molar-refractivity contribution in [3.8, 4) is 50.7 Å². The van der Waals surface area contributed by atoms with Gasteiger partial charge in [-0.15, -0.1) is 0 Å². The van der Waals surface area contributed by atoms with E-state index in [2.05, 4.69) is 6.07 Å². The molecule has 2 aromatic heterocycles. The third kappa shape index (κ3) is 4.40. The Labute approximate surface area is 260 Å². The van der Waals surface area contributed by atoms with Crippen LogP contribution >= 0.6 is 0 Å². The fraction of sp³-hybridized carbons (Fsp3) is 0.100. The van der Waals surface area contributed by atoms with E-state index in [0.29, 0.717) is 39.1 Å². The lowest BCUT2D eigenvalue weighted by atomic mass is 9.92. The summed E-state index contributed by atoms with van der Waals surface area (Å²) in [5.41, 5.74) is 7.79. The molecule has 0 aliphatic rings. The van der Waals surface area contributed by atoms with Crippen molar-refractivity contribution in [2.45, 2.75) is 20.6 Å². The normalized spacial score (nSPS) is 13.9. The number of furan rings is 1. The molecule has 0 unspecified atom stereocenters. The maximum absolute atomic E-state index is 10.0. The molecule has 0 amide bonds. The SMILES string of the molecule is [2H]C([2H])([2H])c1cc(-c2ccccc2)ccc1-c1cc(-c2c(C)ccc3c2oc2c(-c4ccccc4)c(C#N)ccc23)[n+](C)cc1C([2H])([2H])[2H]. The van der Waals surface area contributed by atoms with Crippen LogP contribution in [0, 0.1) is 32.0 Å². The third-order valence-corrected chi connectivity index (χ3v) is 8.15. The van der Waals surface area contributed by atoms with Gasteiger partial charge >= 0.3 is 0 Å². The molecule has 2 heterocycles. The van der Waals surface area contributed by atoms with Gasteiger partial charge in [0.1, 0.15) is 18.2 Å². The molecule has 0 radical (unpaired) electrons. The van der Waals surface area contributed by atoms with E-state index in [4.69, 9.17) is 12.6 Å². The van der Waals surface area contributed by atoms with Crippen molar-refractivity contribution in [1.82, 2.24) is 0 Å². The molecule has 206 valence electrons. The van der Waals surface area contributed by atoms with E-state index in [0.717, 1.165) is 38.6 Å². The Hall–Kier alpha value is -5.46. The van der Waals surface area contributed by atoms with Gasteiger partial charge < -0.3 is 4.42 Å². The summed E-state index contributed by atoms with van der Waals surface area (Å²) < 4.78 is 59.3. The van der Waals surface area contributed by atoms with Gasteiger partial charge in [0, 0.05) is 36.2 Å². The summed E-state index contributed by atoms with van der Waals surface area (Å²) in [6.07, 6.45) is 1.57. The second-order valence-corrected chi connectivity index (χ2v) is 10.8. The van der Waals surface area contributed by atoms with Crippen molar-refractivity contribution in [2.75, 3.05) is 0 Å². The zero-order valence-corrected chi connectivity index (χ0v) is 23.8. The first-order chi connectivity index (χ1) is 23.4. The summed E-state index contributed by atoms with van der Waals surface area (Å²) in [6, 6.07) is 36.1. The molecule has 5 aromatic carbocycles. The van der Waals surface area contributed by atoms with E-state index >= 15 is 0 Å².